The van der Waals surface area contributed by atoms with Crippen molar-refractivity contribution in [2.45, 2.75) is 44.5 Å². The summed E-state index contributed by atoms with van der Waals surface area (Å²) < 4.78 is 0. The predicted molar refractivity (Wildman–Crippen MR) is 76.2 cm³/mol. The van der Waals surface area contributed by atoms with Gasteiger partial charge < -0.3 is 5.11 Å². The SMILES string of the molecule is C=C1C[C@@H](O)[C@H](Br)C(C)(C)[C@@]12C=CC(C)=CC2. The van der Waals surface area contributed by atoms with E-state index in [0.717, 1.165) is 12.0 Å². The number of hydrogen-bond acceptors (Lipinski definition) is 1. The van der Waals surface area contributed by atoms with Crippen LogP contribution in [0, 0.1) is 10.8 Å². The molecule has 2 rings (SSSR count). The molecule has 0 aromatic heterocycles. The van der Waals surface area contributed by atoms with Gasteiger partial charge in [0.1, 0.15) is 0 Å². The molecule has 1 N–H and O–H groups in total. The summed E-state index contributed by atoms with van der Waals surface area (Å²) in [6.07, 6.45) is 8.12. The van der Waals surface area contributed by atoms with Crippen molar-refractivity contribution in [1.29, 1.82) is 0 Å². The summed E-state index contributed by atoms with van der Waals surface area (Å²) in [5, 5.41) is 10.1. The maximum absolute atomic E-state index is 10.1. The van der Waals surface area contributed by atoms with Gasteiger partial charge in [0.2, 0.25) is 0 Å². The largest absolute Gasteiger partial charge is 0.392 e. The highest BCUT2D eigenvalue weighted by atomic mass is 79.9. The Hall–Kier alpha value is -0.340. The monoisotopic (exact) mass is 296 g/mol. The molecular formula is C15H21BrO. The lowest BCUT2D eigenvalue weighted by Gasteiger charge is -2.55. The van der Waals surface area contributed by atoms with E-state index in [4.69, 9.17) is 0 Å². The number of rotatable bonds is 0. The molecule has 0 radical (unpaired) electrons. The molecule has 0 saturated heterocycles. The zero-order chi connectivity index (χ0) is 12.8. The second-order valence-corrected chi connectivity index (χ2v) is 6.94. The Labute approximate surface area is 112 Å². The summed E-state index contributed by atoms with van der Waals surface area (Å²) in [6, 6.07) is 0. The smallest absolute Gasteiger partial charge is 0.0708 e. The van der Waals surface area contributed by atoms with Gasteiger partial charge in [-0.2, -0.15) is 0 Å². The van der Waals surface area contributed by atoms with Gasteiger partial charge in [-0.1, -0.05) is 65.7 Å². The first-order valence-corrected chi connectivity index (χ1v) is 7.09. The highest BCUT2D eigenvalue weighted by Gasteiger charge is 2.54. The van der Waals surface area contributed by atoms with Crippen molar-refractivity contribution in [1.82, 2.24) is 0 Å². The molecule has 1 nitrogen and oxygen atoms in total. The number of allylic oxidation sites excluding steroid dienone is 4. The van der Waals surface area contributed by atoms with Crippen LogP contribution in [-0.2, 0) is 0 Å². The Morgan fingerprint density at radius 1 is 1.47 bits per heavy atom. The number of aliphatic hydroxyl groups excluding tert-OH is 1. The van der Waals surface area contributed by atoms with Crippen LogP contribution in [0.25, 0.3) is 0 Å². The molecule has 2 aliphatic carbocycles. The summed E-state index contributed by atoms with van der Waals surface area (Å²) in [5.74, 6) is 0. The van der Waals surface area contributed by atoms with Crippen molar-refractivity contribution >= 4 is 15.9 Å². The van der Waals surface area contributed by atoms with E-state index in [1.54, 1.807) is 0 Å². The lowest BCUT2D eigenvalue weighted by atomic mass is 9.52. The third-order valence-electron chi connectivity index (χ3n) is 4.64. The fraction of sp³-hybridized carbons (Fsp3) is 0.600. The van der Waals surface area contributed by atoms with Gasteiger partial charge >= 0.3 is 0 Å². The van der Waals surface area contributed by atoms with E-state index < -0.39 is 0 Å². The Bertz CT molecular complexity index is 405. The lowest BCUT2D eigenvalue weighted by Crippen LogP contribution is -2.53. The maximum atomic E-state index is 10.1. The fourth-order valence-electron chi connectivity index (χ4n) is 3.19. The molecule has 2 heteroatoms. The number of aliphatic hydroxyl groups is 1. The molecule has 0 bridgehead atoms. The second kappa shape index (κ2) is 4.10. The van der Waals surface area contributed by atoms with Crippen LogP contribution in [0.4, 0.5) is 0 Å². The number of alkyl halides is 1. The third-order valence-corrected chi connectivity index (χ3v) is 6.40. The van der Waals surface area contributed by atoms with Crippen LogP contribution >= 0.6 is 15.9 Å². The molecule has 2 aliphatic rings. The van der Waals surface area contributed by atoms with E-state index in [2.05, 4.69) is 61.5 Å². The van der Waals surface area contributed by atoms with Gasteiger partial charge in [-0.3, -0.25) is 0 Å². The summed E-state index contributed by atoms with van der Waals surface area (Å²) in [7, 11) is 0. The van der Waals surface area contributed by atoms with E-state index in [1.165, 1.54) is 5.57 Å². The highest BCUT2D eigenvalue weighted by molar-refractivity contribution is 9.09. The molecule has 1 fully saturated rings. The first-order chi connectivity index (χ1) is 7.81. The van der Waals surface area contributed by atoms with Crippen molar-refractivity contribution in [3.05, 3.63) is 36.0 Å². The van der Waals surface area contributed by atoms with Crippen LogP contribution in [0.5, 0.6) is 0 Å². The van der Waals surface area contributed by atoms with Crippen molar-refractivity contribution in [3.63, 3.8) is 0 Å². The normalized spacial score (nSPS) is 40.5. The van der Waals surface area contributed by atoms with E-state index in [0.29, 0.717) is 6.42 Å². The molecule has 0 heterocycles. The average Bonchev–Trinajstić information content (AvgIpc) is 2.27. The van der Waals surface area contributed by atoms with Crippen molar-refractivity contribution < 1.29 is 5.11 Å². The van der Waals surface area contributed by atoms with E-state index in [1.807, 2.05) is 0 Å². The minimum Gasteiger partial charge on any atom is -0.392 e. The number of hydrogen-bond donors (Lipinski definition) is 1. The maximum Gasteiger partial charge on any atom is 0.0708 e. The Kier molecular flexibility index (Phi) is 3.16. The van der Waals surface area contributed by atoms with Gasteiger partial charge in [-0.25, -0.2) is 0 Å². The molecule has 0 amide bonds. The predicted octanol–water partition coefficient (Wildman–Crippen LogP) is 3.99. The molecule has 94 valence electrons. The molecular weight excluding hydrogens is 276 g/mol. The van der Waals surface area contributed by atoms with Crippen LogP contribution in [0.1, 0.15) is 33.6 Å². The molecule has 1 spiro atoms. The third kappa shape index (κ3) is 1.77. The van der Waals surface area contributed by atoms with E-state index in [9.17, 15) is 5.11 Å². The fourth-order valence-corrected chi connectivity index (χ4v) is 3.79. The van der Waals surface area contributed by atoms with E-state index >= 15 is 0 Å². The molecule has 0 aromatic carbocycles. The lowest BCUT2D eigenvalue weighted by molar-refractivity contribution is 0.0350. The van der Waals surface area contributed by atoms with Gasteiger partial charge in [0.05, 0.1) is 6.10 Å². The minimum absolute atomic E-state index is 0.0140. The van der Waals surface area contributed by atoms with Gasteiger partial charge in [0, 0.05) is 10.2 Å². The Morgan fingerprint density at radius 3 is 2.65 bits per heavy atom. The van der Waals surface area contributed by atoms with Crippen LogP contribution in [0.2, 0.25) is 0 Å². The average molecular weight is 297 g/mol. The molecule has 1 saturated carbocycles. The topological polar surface area (TPSA) is 20.2 Å². The zero-order valence-corrected chi connectivity index (χ0v) is 12.4. The minimum atomic E-state index is -0.330. The van der Waals surface area contributed by atoms with Crippen LogP contribution in [-0.4, -0.2) is 16.0 Å². The molecule has 17 heavy (non-hydrogen) atoms. The zero-order valence-electron chi connectivity index (χ0n) is 10.8. The molecule has 3 atom stereocenters. The van der Waals surface area contributed by atoms with Crippen molar-refractivity contribution in [2.24, 2.45) is 10.8 Å². The van der Waals surface area contributed by atoms with Gasteiger partial charge in [-0.05, 0) is 25.2 Å². The summed E-state index contributed by atoms with van der Waals surface area (Å²) in [5.41, 5.74) is 2.43. The van der Waals surface area contributed by atoms with Crippen LogP contribution < -0.4 is 0 Å². The first kappa shape index (κ1) is 13.1. The highest BCUT2D eigenvalue weighted by Crippen LogP contribution is 2.59. The van der Waals surface area contributed by atoms with Gasteiger partial charge in [0.25, 0.3) is 0 Å². The summed E-state index contributed by atoms with van der Waals surface area (Å²) in [6.45, 7) is 10.8. The Balaban J connectivity index is 2.45. The van der Waals surface area contributed by atoms with Crippen LogP contribution in [0.3, 0.4) is 0 Å². The molecule has 0 unspecified atom stereocenters. The number of halogens is 1. The van der Waals surface area contributed by atoms with Crippen molar-refractivity contribution in [3.8, 4) is 0 Å². The van der Waals surface area contributed by atoms with Gasteiger partial charge in [0.15, 0.2) is 0 Å². The van der Waals surface area contributed by atoms with Crippen molar-refractivity contribution in [2.75, 3.05) is 0 Å². The second-order valence-electron chi connectivity index (χ2n) is 5.96. The Morgan fingerprint density at radius 2 is 2.12 bits per heavy atom. The van der Waals surface area contributed by atoms with E-state index in [-0.39, 0.29) is 21.8 Å². The van der Waals surface area contributed by atoms with Gasteiger partial charge in [-0.15, -0.1) is 0 Å². The summed E-state index contributed by atoms with van der Waals surface area (Å²) >= 11 is 3.68. The van der Waals surface area contributed by atoms with Crippen LogP contribution in [0.15, 0.2) is 36.0 Å². The molecule has 0 aliphatic heterocycles. The molecule has 0 aromatic rings. The standard InChI is InChI=1S/C15H21BrO/c1-10-5-7-15(8-6-10)11(2)9-12(17)13(16)14(15,3)4/h5-7,12-13,17H,2,8-9H2,1,3-4H3/t12-,13+,15-/m1/s1. The summed E-state index contributed by atoms with van der Waals surface area (Å²) in [4.78, 5) is 0.108. The first-order valence-electron chi connectivity index (χ1n) is 6.17. The quantitative estimate of drug-likeness (QED) is 0.529.